The molecule has 1 aromatic heterocycles. The Morgan fingerprint density at radius 1 is 1.12 bits per heavy atom. The number of hydrogen-bond donors (Lipinski definition) is 0. The minimum atomic E-state index is 0.154. The molecule has 3 atom stereocenters. The summed E-state index contributed by atoms with van der Waals surface area (Å²) in [5.74, 6) is 0. The van der Waals surface area contributed by atoms with Gasteiger partial charge in [-0.2, -0.15) is 0 Å². The molecule has 2 fully saturated rings. The lowest BCUT2D eigenvalue weighted by molar-refractivity contribution is -0.0817. The van der Waals surface area contributed by atoms with Gasteiger partial charge < -0.3 is 9.47 Å². The van der Waals surface area contributed by atoms with Gasteiger partial charge in [-0.05, 0) is 36.5 Å². The first-order chi connectivity index (χ1) is 12.4. The zero-order valence-electron chi connectivity index (χ0n) is 14.6. The second-order valence-electron chi connectivity index (χ2n) is 6.99. The Morgan fingerprint density at radius 3 is 2.84 bits per heavy atom. The zero-order chi connectivity index (χ0) is 16.9. The molecule has 0 spiro atoms. The third kappa shape index (κ3) is 4.09. The van der Waals surface area contributed by atoms with Crippen molar-refractivity contribution in [2.24, 2.45) is 0 Å². The highest BCUT2D eigenvalue weighted by atomic mass is 16.5. The molecule has 1 aromatic carbocycles. The summed E-state index contributed by atoms with van der Waals surface area (Å²) in [7, 11) is 0. The van der Waals surface area contributed by atoms with Crippen molar-refractivity contribution >= 4 is 0 Å². The van der Waals surface area contributed by atoms with E-state index in [0.29, 0.717) is 12.6 Å². The van der Waals surface area contributed by atoms with Crippen molar-refractivity contribution in [3.8, 4) is 0 Å². The lowest BCUT2D eigenvalue weighted by atomic mass is 10.0. The molecule has 0 N–H and O–H groups in total. The average molecular weight is 338 g/mol. The van der Waals surface area contributed by atoms with Crippen LogP contribution >= 0.6 is 0 Å². The topological polar surface area (TPSA) is 34.6 Å². The van der Waals surface area contributed by atoms with E-state index in [1.165, 1.54) is 12.0 Å². The molecule has 4 heteroatoms. The standard InChI is InChI=1S/C21H26N2O2/c1-2-6-17(7-3-1)10-12-23-15-20(21-19(23)9-5-13-24-21)25-16-18-8-4-11-22-14-18/h1-4,6-8,11,14,19-21H,5,9-10,12-13,15-16H2/t19-,20-,21+/m1/s1. The molecular weight excluding hydrogens is 312 g/mol. The number of ether oxygens (including phenoxy) is 2. The van der Waals surface area contributed by atoms with Gasteiger partial charge in [0.1, 0.15) is 6.10 Å². The number of nitrogens with zero attached hydrogens (tertiary/aromatic N) is 2. The van der Waals surface area contributed by atoms with Gasteiger partial charge in [-0.1, -0.05) is 36.4 Å². The van der Waals surface area contributed by atoms with Crippen molar-refractivity contribution in [1.82, 2.24) is 9.88 Å². The largest absolute Gasteiger partial charge is 0.374 e. The smallest absolute Gasteiger partial charge is 0.100 e. The number of fused-ring (bicyclic) bond motifs is 1. The van der Waals surface area contributed by atoms with E-state index in [2.05, 4.69) is 46.3 Å². The maximum atomic E-state index is 6.23. The van der Waals surface area contributed by atoms with Gasteiger partial charge in [-0.15, -0.1) is 0 Å². The van der Waals surface area contributed by atoms with E-state index >= 15 is 0 Å². The monoisotopic (exact) mass is 338 g/mol. The Kier molecular flexibility index (Phi) is 5.40. The van der Waals surface area contributed by atoms with Gasteiger partial charge in [0, 0.05) is 38.1 Å². The molecule has 3 heterocycles. The number of aromatic nitrogens is 1. The number of hydrogen-bond acceptors (Lipinski definition) is 4. The fraction of sp³-hybridized carbons (Fsp3) is 0.476. The van der Waals surface area contributed by atoms with Crippen LogP contribution in [0.4, 0.5) is 0 Å². The summed E-state index contributed by atoms with van der Waals surface area (Å²) in [6.07, 6.45) is 7.48. The Hall–Kier alpha value is -1.75. The maximum Gasteiger partial charge on any atom is 0.100 e. The summed E-state index contributed by atoms with van der Waals surface area (Å²) < 4.78 is 12.3. The van der Waals surface area contributed by atoms with E-state index in [1.54, 1.807) is 6.20 Å². The predicted molar refractivity (Wildman–Crippen MR) is 97.3 cm³/mol. The Bertz CT molecular complexity index is 592. The molecule has 0 unspecified atom stereocenters. The van der Waals surface area contributed by atoms with E-state index in [0.717, 1.165) is 38.1 Å². The normalized spacial score (nSPS) is 26.5. The minimum Gasteiger partial charge on any atom is -0.374 e. The van der Waals surface area contributed by atoms with Crippen LogP contribution < -0.4 is 0 Å². The second kappa shape index (κ2) is 8.09. The first-order valence-corrected chi connectivity index (χ1v) is 9.30. The molecule has 132 valence electrons. The van der Waals surface area contributed by atoms with Crippen LogP contribution in [0.25, 0.3) is 0 Å². The van der Waals surface area contributed by atoms with Crippen LogP contribution in [0.3, 0.4) is 0 Å². The fourth-order valence-electron chi connectivity index (χ4n) is 4.01. The number of likely N-dealkylation sites (tertiary alicyclic amines) is 1. The van der Waals surface area contributed by atoms with Gasteiger partial charge in [-0.3, -0.25) is 9.88 Å². The third-order valence-electron chi connectivity index (χ3n) is 5.30. The molecular formula is C21H26N2O2. The number of pyridine rings is 1. The molecule has 2 aliphatic heterocycles. The Labute approximate surface area is 149 Å². The van der Waals surface area contributed by atoms with Crippen LogP contribution in [0.5, 0.6) is 0 Å². The third-order valence-corrected chi connectivity index (χ3v) is 5.30. The minimum absolute atomic E-state index is 0.154. The van der Waals surface area contributed by atoms with Crippen molar-refractivity contribution < 1.29 is 9.47 Å². The maximum absolute atomic E-state index is 6.23. The molecule has 4 rings (SSSR count). The van der Waals surface area contributed by atoms with Gasteiger partial charge in [0.2, 0.25) is 0 Å². The van der Waals surface area contributed by atoms with Gasteiger partial charge in [0.15, 0.2) is 0 Å². The van der Waals surface area contributed by atoms with Gasteiger partial charge in [0.05, 0.1) is 12.7 Å². The predicted octanol–water partition coefficient (Wildman–Crippen LogP) is 3.07. The molecule has 2 aliphatic rings. The summed E-state index contributed by atoms with van der Waals surface area (Å²) in [5, 5.41) is 0. The molecule has 0 radical (unpaired) electrons. The van der Waals surface area contributed by atoms with Crippen LogP contribution in [0.1, 0.15) is 24.0 Å². The summed E-state index contributed by atoms with van der Waals surface area (Å²) in [4.78, 5) is 6.74. The molecule has 0 amide bonds. The number of benzene rings is 1. The van der Waals surface area contributed by atoms with Crippen molar-refractivity contribution in [2.45, 2.75) is 44.1 Å². The molecule has 2 aromatic rings. The van der Waals surface area contributed by atoms with Gasteiger partial charge >= 0.3 is 0 Å². The molecule has 2 saturated heterocycles. The summed E-state index contributed by atoms with van der Waals surface area (Å²) in [6.45, 7) is 3.50. The SMILES string of the molecule is c1ccc(CCN2C[C@@H](OCc3cccnc3)[C@H]3OCCC[C@H]32)cc1. The van der Waals surface area contributed by atoms with Crippen LogP contribution in [-0.4, -0.2) is 47.8 Å². The lowest BCUT2D eigenvalue weighted by Crippen LogP contribution is -2.42. The van der Waals surface area contributed by atoms with Crippen molar-refractivity contribution in [2.75, 3.05) is 19.7 Å². The van der Waals surface area contributed by atoms with Crippen LogP contribution in [0.15, 0.2) is 54.9 Å². The first-order valence-electron chi connectivity index (χ1n) is 9.30. The summed E-state index contributed by atoms with van der Waals surface area (Å²) in [6, 6.07) is 15.2. The van der Waals surface area contributed by atoms with Crippen molar-refractivity contribution in [3.05, 3.63) is 66.0 Å². The zero-order valence-corrected chi connectivity index (χ0v) is 14.6. The highest BCUT2D eigenvalue weighted by Gasteiger charge is 2.44. The first kappa shape index (κ1) is 16.7. The quantitative estimate of drug-likeness (QED) is 0.811. The molecule has 0 aliphatic carbocycles. The lowest BCUT2D eigenvalue weighted by Gasteiger charge is -2.32. The average Bonchev–Trinajstić information content (AvgIpc) is 3.04. The van der Waals surface area contributed by atoms with E-state index in [-0.39, 0.29) is 12.2 Å². The van der Waals surface area contributed by atoms with E-state index in [9.17, 15) is 0 Å². The molecule has 0 bridgehead atoms. The van der Waals surface area contributed by atoms with Crippen LogP contribution in [0, 0.1) is 0 Å². The molecule has 4 nitrogen and oxygen atoms in total. The van der Waals surface area contributed by atoms with Crippen LogP contribution in [-0.2, 0) is 22.5 Å². The highest BCUT2D eigenvalue weighted by molar-refractivity contribution is 5.15. The highest BCUT2D eigenvalue weighted by Crippen LogP contribution is 2.31. The van der Waals surface area contributed by atoms with Crippen molar-refractivity contribution in [3.63, 3.8) is 0 Å². The van der Waals surface area contributed by atoms with E-state index in [4.69, 9.17) is 9.47 Å². The Balaban J connectivity index is 1.37. The molecule has 25 heavy (non-hydrogen) atoms. The second-order valence-corrected chi connectivity index (χ2v) is 6.99. The van der Waals surface area contributed by atoms with Gasteiger partial charge in [-0.25, -0.2) is 0 Å². The van der Waals surface area contributed by atoms with Crippen LogP contribution in [0.2, 0.25) is 0 Å². The van der Waals surface area contributed by atoms with Gasteiger partial charge in [0.25, 0.3) is 0 Å². The Morgan fingerprint density at radius 2 is 2.00 bits per heavy atom. The van der Waals surface area contributed by atoms with Crippen molar-refractivity contribution in [1.29, 1.82) is 0 Å². The fourth-order valence-corrected chi connectivity index (χ4v) is 4.01. The molecule has 0 saturated carbocycles. The van der Waals surface area contributed by atoms with E-state index in [1.807, 2.05) is 12.3 Å². The summed E-state index contributed by atoms with van der Waals surface area (Å²) >= 11 is 0. The summed E-state index contributed by atoms with van der Waals surface area (Å²) in [5.41, 5.74) is 2.52. The number of rotatable bonds is 6. The van der Waals surface area contributed by atoms with E-state index < -0.39 is 0 Å².